The normalized spacial score (nSPS) is 36.1. The smallest absolute Gasteiger partial charge is 0.302 e. The van der Waals surface area contributed by atoms with Crippen molar-refractivity contribution in [2.45, 2.75) is 44.5 Å². The predicted molar refractivity (Wildman–Crippen MR) is 45.0 cm³/mol. The fourth-order valence-electron chi connectivity index (χ4n) is 1.29. The third kappa shape index (κ3) is 2.64. The van der Waals surface area contributed by atoms with Crippen molar-refractivity contribution in [3.8, 4) is 0 Å². The van der Waals surface area contributed by atoms with Gasteiger partial charge in [0.15, 0.2) is 0 Å². The van der Waals surface area contributed by atoms with Crippen molar-refractivity contribution in [1.29, 1.82) is 0 Å². The maximum absolute atomic E-state index is 10.6. The van der Waals surface area contributed by atoms with Crippen LogP contribution < -0.4 is 0 Å². The van der Waals surface area contributed by atoms with Crippen molar-refractivity contribution >= 4 is 17.6 Å². The Morgan fingerprint density at radius 2 is 2.25 bits per heavy atom. The van der Waals surface area contributed by atoms with Gasteiger partial charge in [0.05, 0.1) is 6.10 Å². The van der Waals surface area contributed by atoms with Crippen LogP contribution in [0.3, 0.4) is 0 Å². The van der Waals surface area contributed by atoms with Gasteiger partial charge in [0, 0.05) is 6.92 Å². The molecule has 0 radical (unpaired) electrons. The quantitative estimate of drug-likeness (QED) is 0.469. The summed E-state index contributed by atoms with van der Waals surface area (Å²) in [5.74, 6) is -0.261. The van der Waals surface area contributed by atoms with Gasteiger partial charge in [-0.25, -0.2) is 0 Å². The Bertz CT molecular complexity index is 172. The van der Waals surface area contributed by atoms with Crippen LogP contribution in [-0.2, 0) is 14.3 Å². The fourth-order valence-corrected chi connectivity index (χ4v) is 1.57. The van der Waals surface area contributed by atoms with E-state index >= 15 is 0 Å². The Hall–Kier alpha value is -0.280. The van der Waals surface area contributed by atoms with E-state index in [2.05, 4.69) is 0 Å². The van der Waals surface area contributed by atoms with E-state index in [0.717, 1.165) is 12.8 Å². The van der Waals surface area contributed by atoms with Gasteiger partial charge in [-0.15, -0.1) is 0 Å². The molecule has 0 aliphatic carbocycles. The van der Waals surface area contributed by atoms with E-state index in [1.165, 1.54) is 6.92 Å². The van der Waals surface area contributed by atoms with E-state index < -0.39 is 0 Å². The minimum atomic E-state index is -0.261. The molecule has 0 spiro atoms. The topological polar surface area (TPSA) is 35.5 Å². The van der Waals surface area contributed by atoms with Crippen molar-refractivity contribution in [2.75, 3.05) is 0 Å². The largest absolute Gasteiger partial charge is 0.460 e. The first kappa shape index (κ1) is 9.81. The Morgan fingerprint density at radius 1 is 1.58 bits per heavy atom. The maximum Gasteiger partial charge on any atom is 0.302 e. The summed E-state index contributed by atoms with van der Waals surface area (Å²) in [6.45, 7) is 3.27. The van der Waals surface area contributed by atoms with E-state index in [1.54, 1.807) is 0 Å². The van der Waals surface area contributed by atoms with E-state index in [9.17, 15) is 4.79 Å². The summed E-state index contributed by atoms with van der Waals surface area (Å²) in [6.07, 6.45) is 1.31. The molecule has 0 saturated carbocycles. The van der Waals surface area contributed by atoms with E-state index in [-0.39, 0.29) is 23.7 Å². The third-order valence-corrected chi connectivity index (χ3v) is 2.20. The summed E-state index contributed by atoms with van der Waals surface area (Å²) in [4.78, 5) is 10.6. The Labute approximate surface area is 77.0 Å². The van der Waals surface area contributed by atoms with Crippen LogP contribution in [0.4, 0.5) is 0 Å². The number of halogens is 1. The molecule has 3 nitrogen and oxygen atoms in total. The van der Waals surface area contributed by atoms with Gasteiger partial charge < -0.3 is 9.47 Å². The van der Waals surface area contributed by atoms with Crippen LogP contribution >= 0.6 is 11.6 Å². The highest BCUT2D eigenvalue weighted by molar-refractivity contribution is 6.19. The maximum atomic E-state index is 10.6. The van der Waals surface area contributed by atoms with Gasteiger partial charge in [-0.05, 0) is 19.8 Å². The lowest BCUT2D eigenvalue weighted by Crippen LogP contribution is -2.37. The zero-order chi connectivity index (χ0) is 9.14. The molecule has 0 amide bonds. The first-order chi connectivity index (χ1) is 5.59. The second-order valence-corrected chi connectivity index (χ2v) is 3.46. The molecule has 0 bridgehead atoms. The molecule has 3 atom stereocenters. The van der Waals surface area contributed by atoms with Gasteiger partial charge in [0.2, 0.25) is 0 Å². The molecular weight excluding hydrogens is 180 g/mol. The van der Waals surface area contributed by atoms with Crippen molar-refractivity contribution in [3.05, 3.63) is 0 Å². The lowest BCUT2D eigenvalue weighted by atomic mass is 10.1. The van der Waals surface area contributed by atoms with Gasteiger partial charge in [-0.1, -0.05) is 11.6 Å². The van der Waals surface area contributed by atoms with Gasteiger partial charge in [-0.2, -0.15) is 0 Å². The Morgan fingerprint density at radius 3 is 2.75 bits per heavy atom. The molecular formula is C8H13ClO3. The number of hydrogen-bond donors (Lipinski definition) is 0. The zero-order valence-electron chi connectivity index (χ0n) is 7.25. The average Bonchev–Trinajstić information content (AvgIpc) is 1.94. The molecule has 0 N–H and O–H groups in total. The summed E-state index contributed by atoms with van der Waals surface area (Å²) < 4.78 is 10.3. The standard InChI is InChI=1S/C8H13ClO3/c1-5-7(12-6(2)10)3-4-8(9)11-5/h5,7-8H,3-4H2,1-2H3/t5-,7+,8?/m0/s1. The van der Waals surface area contributed by atoms with Gasteiger partial charge in [0.25, 0.3) is 0 Å². The van der Waals surface area contributed by atoms with E-state index in [4.69, 9.17) is 21.1 Å². The Balaban J connectivity index is 2.39. The molecule has 4 heteroatoms. The molecule has 1 aliphatic heterocycles. The van der Waals surface area contributed by atoms with Crippen LogP contribution in [0.15, 0.2) is 0 Å². The van der Waals surface area contributed by atoms with Crippen LogP contribution in [0.25, 0.3) is 0 Å². The summed E-state index contributed by atoms with van der Waals surface area (Å²) in [6, 6.07) is 0. The monoisotopic (exact) mass is 192 g/mol. The van der Waals surface area contributed by atoms with Crippen LogP contribution in [0.5, 0.6) is 0 Å². The van der Waals surface area contributed by atoms with Gasteiger partial charge in [0.1, 0.15) is 11.7 Å². The third-order valence-electron chi connectivity index (χ3n) is 1.88. The number of alkyl halides is 1. The summed E-state index contributed by atoms with van der Waals surface area (Å²) in [5.41, 5.74) is -0.230. The van der Waals surface area contributed by atoms with Crippen molar-refractivity contribution in [2.24, 2.45) is 0 Å². The highest BCUT2D eigenvalue weighted by Crippen LogP contribution is 2.23. The molecule has 1 fully saturated rings. The molecule has 12 heavy (non-hydrogen) atoms. The first-order valence-corrected chi connectivity index (χ1v) is 4.50. The van der Waals surface area contributed by atoms with E-state index in [0.29, 0.717) is 0 Å². The van der Waals surface area contributed by atoms with Crippen LogP contribution in [0, 0.1) is 0 Å². The number of rotatable bonds is 1. The average molecular weight is 193 g/mol. The molecule has 0 aromatic carbocycles. The summed E-state index contributed by atoms with van der Waals surface area (Å²) >= 11 is 5.75. The molecule has 0 aromatic rings. The van der Waals surface area contributed by atoms with Crippen molar-refractivity contribution in [3.63, 3.8) is 0 Å². The minimum Gasteiger partial charge on any atom is -0.460 e. The van der Waals surface area contributed by atoms with Crippen molar-refractivity contribution in [1.82, 2.24) is 0 Å². The van der Waals surface area contributed by atoms with Crippen LogP contribution in [0.2, 0.25) is 0 Å². The molecule has 1 aliphatic rings. The molecule has 1 rings (SSSR count). The van der Waals surface area contributed by atoms with Gasteiger partial charge in [-0.3, -0.25) is 4.79 Å². The SMILES string of the molecule is CC(=O)O[C@@H]1CCC(Cl)O[C@H]1C. The predicted octanol–water partition coefficient (Wildman–Crippen LogP) is 1.68. The number of esters is 1. The lowest BCUT2D eigenvalue weighted by Gasteiger charge is -2.31. The zero-order valence-corrected chi connectivity index (χ0v) is 8.00. The first-order valence-electron chi connectivity index (χ1n) is 4.06. The van der Waals surface area contributed by atoms with Crippen molar-refractivity contribution < 1.29 is 14.3 Å². The second-order valence-electron chi connectivity index (χ2n) is 2.98. The van der Waals surface area contributed by atoms with Crippen LogP contribution in [0.1, 0.15) is 26.7 Å². The summed E-state index contributed by atoms with van der Waals surface area (Å²) in [7, 11) is 0. The molecule has 1 saturated heterocycles. The Kier molecular flexibility index (Phi) is 3.35. The van der Waals surface area contributed by atoms with E-state index in [1.807, 2.05) is 6.92 Å². The fraction of sp³-hybridized carbons (Fsp3) is 0.875. The number of carbonyl (C=O) groups excluding carboxylic acids is 1. The molecule has 1 heterocycles. The highest BCUT2D eigenvalue weighted by atomic mass is 35.5. The molecule has 70 valence electrons. The lowest BCUT2D eigenvalue weighted by molar-refractivity contribution is -0.161. The number of hydrogen-bond acceptors (Lipinski definition) is 3. The van der Waals surface area contributed by atoms with Crippen LogP contribution in [-0.4, -0.2) is 23.7 Å². The molecule has 1 unspecified atom stereocenters. The summed E-state index contributed by atoms with van der Waals surface area (Å²) in [5, 5.41) is 0. The number of ether oxygens (including phenoxy) is 2. The minimum absolute atomic E-state index is 0.0925. The highest BCUT2D eigenvalue weighted by Gasteiger charge is 2.28. The number of carbonyl (C=O) groups is 1. The van der Waals surface area contributed by atoms with Gasteiger partial charge >= 0.3 is 5.97 Å². The molecule has 0 aromatic heterocycles. The second kappa shape index (κ2) is 4.10.